The van der Waals surface area contributed by atoms with Gasteiger partial charge in [0, 0.05) is 6.42 Å². The van der Waals surface area contributed by atoms with Crippen LogP contribution in [0.2, 0.25) is 0 Å². The van der Waals surface area contributed by atoms with Crippen LogP contribution >= 0.6 is 11.3 Å². The molecule has 0 saturated carbocycles. The predicted octanol–water partition coefficient (Wildman–Crippen LogP) is 1.71. The topological polar surface area (TPSA) is 103 Å². The Morgan fingerprint density at radius 3 is 2.57 bits per heavy atom. The third-order valence-electron chi connectivity index (χ3n) is 5.27. The highest BCUT2D eigenvalue weighted by molar-refractivity contribution is 7.18. The normalized spacial score (nSPS) is 28.0. The van der Waals surface area contributed by atoms with Gasteiger partial charge in [0.25, 0.3) is 0 Å². The fraction of sp³-hybridized carbons (Fsp3) is 0.381. The first-order valence-corrected chi connectivity index (χ1v) is 10.0. The summed E-state index contributed by atoms with van der Waals surface area (Å²) in [6.07, 6.45) is -5.12. The molecule has 4 rings (SSSR count). The van der Waals surface area contributed by atoms with Gasteiger partial charge in [0.05, 0.1) is 21.8 Å². The van der Waals surface area contributed by atoms with Gasteiger partial charge in [-0.3, -0.25) is 0 Å². The van der Waals surface area contributed by atoms with E-state index in [1.54, 1.807) is 11.3 Å². The van der Waals surface area contributed by atoms with Crippen molar-refractivity contribution >= 4 is 21.6 Å². The average Bonchev–Trinajstić information content (AvgIpc) is 3.11. The second-order valence-electron chi connectivity index (χ2n) is 7.19. The molecule has 1 saturated heterocycles. The number of hydrogen-bond acceptors (Lipinski definition) is 7. The lowest BCUT2D eigenvalue weighted by molar-refractivity contribution is -0.231. The van der Waals surface area contributed by atoms with Gasteiger partial charge in [0.15, 0.2) is 0 Å². The lowest BCUT2D eigenvalue weighted by Crippen LogP contribution is -2.55. The highest BCUT2D eigenvalue weighted by atomic mass is 32.1. The largest absolute Gasteiger partial charge is 0.394 e. The molecule has 0 spiro atoms. The third-order valence-corrected chi connectivity index (χ3v) is 6.31. The Labute approximate surface area is 166 Å². The summed E-state index contributed by atoms with van der Waals surface area (Å²) >= 11 is 1.65. The van der Waals surface area contributed by atoms with E-state index in [0.29, 0.717) is 12.0 Å². The molecule has 1 aliphatic heterocycles. The molecule has 2 heterocycles. The summed E-state index contributed by atoms with van der Waals surface area (Å²) in [4.78, 5) is 4.69. The fourth-order valence-corrected chi connectivity index (χ4v) is 4.58. The highest BCUT2D eigenvalue weighted by Gasteiger charge is 2.43. The predicted molar refractivity (Wildman–Crippen MR) is 106 cm³/mol. The number of para-hydroxylation sites is 1. The molecular formula is C21H23NO5S. The lowest BCUT2D eigenvalue weighted by atomic mass is 9.89. The molecule has 6 nitrogen and oxygen atoms in total. The minimum atomic E-state index is -1.38. The van der Waals surface area contributed by atoms with Crippen molar-refractivity contribution in [3.05, 3.63) is 64.2 Å². The zero-order valence-electron chi connectivity index (χ0n) is 15.4. The van der Waals surface area contributed by atoms with Gasteiger partial charge in [0.1, 0.15) is 30.5 Å². The average molecular weight is 401 g/mol. The second-order valence-corrected chi connectivity index (χ2v) is 8.30. The van der Waals surface area contributed by atoms with Gasteiger partial charge in [-0.1, -0.05) is 30.3 Å². The molecule has 7 heteroatoms. The Morgan fingerprint density at radius 2 is 1.82 bits per heavy atom. The SMILES string of the molecule is Cc1ccc(C2OC(CO)[C@@H](O)[C@H](O)[C@H]2O)cc1Cc1nc2ccccc2s1. The van der Waals surface area contributed by atoms with Gasteiger partial charge in [-0.05, 0) is 35.7 Å². The van der Waals surface area contributed by atoms with Crippen LogP contribution in [0.3, 0.4) is 0 Å². The summed E-state index contributed by atoms with van der Waals surface area (Å²) in [6, 6.07) is 13.7. The highest BCUT2D eigenvalue weighted by Crippen LogP contribution is 2.34. The molecule has 5 atom stereocenters. The monoisotopic (exact) mass is 401 g/mol. The van der Waals surface area contributed by atoms with Crippen LogP contribution in [0, 0.1) is 6.92 Å². The van der Waals surface area contributed by atoms with Crippen molar-refractivity contribution in [3.63, 3.8) is 0 Å². The van der Waals surface area contributed by atoms with Gasteiger partial charge in [-0.2, -0.15) is 0 Å². The van der Waals surface area contributed by atoms with E-state index in [1.165, 1.54) is 0 Å². The number of aliphatic hydroxyl groups is 4. The lowest BCUT2D eigenvalue weighted by Gasteiger charge is -2.40. The maximum absolute atomic E-state index is 10.4. The maximum Gasteiger partial charge on any atom is 0.113 e. The van der Waals surface area contributed by atoms with Gasteiger partial charge in [-0.25, -0.2) is 4.98 Å². The molecule has 1 aliphatic rings. The number of benzene rings is 2. The Hall–Kier alpha value is -1.87. The van der Waals surface area contributed by atoms with Crippen LogP contribution < -0.4 is 0 Å². The molecule has 2 aromatic carbocycles. The molecule has 0 radical (unpaired) electrons. The summed E-state index contributed by atoms with van der Waals surface area (Å²) < 4.78 is 6.83. The number of nitrogens with zero attached hydrogens (tertiary/aromatic N) is 1. The fourth-order valence-electron chi connectivity index (χ4n) is 3.59. The van der Waals surface area contributed by atoms with E-state index in [4.69, 9.17) is 4.74 Å². The van der Waals surface area contributed by atoms with Crippen molar-refractivity contribution in [1.29, 1.82) is 0 Å². The third kappa shape index (κ3) is 3.57. The van der Waals surface area contributed by atoms with E-state index >= 15 is 0 Å². The van der Waals surface area contributed by atoms with E-state index < -0.39 is 37.1 Å². The van der Waals surface area contributed by atoms with Crippen LogP contribution in [0.1, 0.15) is 27.8 Å². The first-order valence-electron chi connectivity index (χ1n) is 9.22. The van der Waals surface area contributed by atoms with Crippen molar-refractivity contribution in [2.75, 3.05) is 6.61 Å². The molecular weight excluding hydrogens is 378 g/mol. The zero-order valence-corrected chi connectivity index (χ0v) is 16.2. The van der Waals surface area contributed by atoms with Crippen LogP contribution in [0.25, 0.3) is 10.2 Å². The van der Waals surface area contributed by atoms with Crippen molar-refractivity contribution in [2.45, 2.75) is 43.9 Å². The molecule has 3 aromatic rings. The molecule has 0 bridgehead atoms. The van der Waals surface area contributed by atoms with E-state index in [2.05, 4.69) is 4.98 Å². The van der Waals surface area contributed by atoms with E-state index in [9.17, 15) is 20.4 Å². The Kier molecular flexibility index (Phi) is 5.46. The van der Waals surface area contributed by atoms with Crippen molar-refractivity contribution in [1.82, 2.24) is 4.98 Å². The van der Waals surface area contributed by atoms with E-state index in [0.717, 1.165) is 26.4 Å². The summed E-state index contributed by atoms with van der Waals surface area (Å²) in [5.74, 6) is 0. The number of rotatable bonds is 4. The molecule has 2 unspecified atom stereocenters. The van der Waals surface area contributed by atoms with Crippen LogP contribution in [-0.4, -0.2) is 56.4 Å². The van der Waals surface area contributed by atoms with Gasteiger partial charge in [0.2, 0.25) is 0 Å². The molecule has 1 aromatic heterocycles. The molecule has 0 aliphatic carbocycles. The first-order chi connectivity index (χ1) is 13.5. The van der Waals surface area contributed by atoms with Crippen LogP contribution in [0.4, 0.5) is 0 Å². The first kappa shape index (κ1) is 19.4. The van der Waals surface area contributed by atoms with Crippen LogP contribution in [-0.2, 0) is 11.2 Å². The Morgan fingerprint density at radius 1 is 1.04 bits per heavy atom. The van der Waals surface area contributed by atoms with Crippen molar-refractivity contribution in [2.24, 2.45) is 0 Å². The smallest absolute Gasteiger partial charge is 0.113 e. The number of thiazole rings is 1. The zero-order chi connectivity index (χ0) is 19.8. The molecule has 148 valence electrons. The maximum atomic E-state index is 10.4. The molecule has 4 N–H and O–H groups in total. The Bertz CT molecular complexity index is 939. The number of ether oxygens (including phenoxy) is 1. The van der Waals surface area contributed by atoms with Crippen molar-refractivity contribution < 1.29 is 25.2 Å². The number of aromatic nitrogens is 1. The number of aryl methyl sites for hydroxylation is 1. The summed E-state index contributed by atoms with van der Waals surface area (Å²) in [5, 5.41) is 40.8. The van der Waals surface area contributed by atoms with Crippen LogP contribution in [0.5, 0.6) is 0 Å². The molecule has 1 fully saturated rings. The summed E-state index contributed by atoms with van der Waals surface area (Å²) in [7, 11) is 0. The number of aliphatic hydroxyl groups excluding tert-OH is 4. The number of fused-ring (bicyclic) bond motifs is 1. The second kappa shape index (κ2) is 7.87. The Balaban J connectivity index is 1.63. The van der Waals surface area contributed by atoms with E-state index in [-0.39, 0.29) is 0 Å². The minimum Gasteiger partial charge on any atom is -0.394 e. The van der Waals surface area contributed by atoms with Crippen LogP contribution in [0.15, 0.2) is 42.5 Å². The van der Waals surface area contributed by atoms with Gasteiger partial charge >= 0.3 is 0 Å². The number of hydrogen-bond donors (Lipinski definition) is 4. The summed E-state index contributed by atoms with van der Waals surface area (Å²) in [6.45, 7) is 1.57. The quantitative estimate of drug-likeness (QED) is 0.531. The summed E-state index contributed by atoms with van der Waals surface area (Å²) in [5.41, 5.74) is 3.81. The van der Waals surface area contributed by atoms with Gasteiger partial charge in [-0.15, -0.1) is 11.3 Å². The molecule has 0 amide bonds. The standard InChI is InChI=1S/C21H23NO5S/c1-11-6-7-12(21-20(26)19(25)18(24)15(10-23)27-21)8-13(11)9-17-22-14-4-2-3-5-16(14)28-17/h2-8,15,18-21,23-26H,9-10H2,1H3/t15?,18-,19+,20-,21?/m1/s1. The molecule has 28 heavy (non-hydrogen) atoms. The van der Waals surface area contributed by atoms with Crippen molar-refractivity contribution in [3.8, 4) is 0 Å². The van der Waals surface area contributed by atoms with E-state index in [1.807, 2.05) is 49.4 Å². The minimum absolute atomic E-state index is 0.439. The van der Waals surface area contributed by atoms with Gasteiger partial charge < -0.3 is 25.2 Å².